The second-order valence-electron chi connectivity index (χ2n) is 11.7. The quantitative estimate of drug-likeness (QED) is 0.296. The first-order valence-corrected chi connectivity index (χ1v) is 15.4. The minimum Gasteiger partial charge on any atom is -0.505 e. The van der Waals surface area contributed by atoms with Crippen LogP contribution in [0.4, 0.5) is 23.2 Å². The Labute approximate surface area is 278 Å². The molecule has 13 nitrogen and oxygen atoms in total. The van der Waals surface area contributed by atoms with Crippen molar-refractivity contribution >= 4 is 40.5 Å². The van der Waals surface area contributed by atoms with Gasteiger partial charge in [0.2, 0.25) is 11.7 Å². The number of halogens is 5. The molecule has 4 aromatic rings. The number of alkyl halides is 4. The van der Waals surface area contributed by atoms with Gasteiger partial charge in [-0.05, 0) is 42.3 Å². The first kappa shape index (κ1) is 32.7. The third-order valence-corrected chi connectivity index (χ3v) is 9.09. The molecule has 49 heavy (non-hydrogen) atoms. The van der Waals surface area contributed by atoms with Crippen molar-refractivity contribution in [3.63, 3.8) is 0 Å². The molecule has 2 amide bonds. The fraction of sp³-hybridized carbons (Fsp3) is 0.355. The molecule has 2 unspecified atom stereocenters. The normalized spacial score (nSPS) is 20.8. The zero-order chi connectivity index (χ0) is 34.7. The highest BCUT2D eigenvalue weighted by atomic mass is 35.5. The Hall–Kier alpha value is -4.87. The summed E-state index contributed by atoms with van der Waals surface area (Å²) in [7, 11) is 0. The molecule has 3 aromatic heterocycles. The molecule has 7 rings (SSSR count). The van der Waals surface area contributed by atoms with Gasteiger partial charge in [-0.15, -0.1) is 5.10 Å². The molecular formula is C31H26ClF4N7O6. The van der Waals surface area contributed by atoms with Gasteiger partial charge in [-0.2, -0.15) is 22.7 Å². The number of benzene rings is 1. The maximum Gasteiger partial charge on any atom is 0.416 e. The molecule has 2 N–H and O–H groups in total. The average Bonchev–Trinajstić information content (AvgIpc) is 3.69. The highest BCUT2D eigenvalue weighted by Crippen LogP contribution is 2.45. The van der Waals surface area contributed by atoms with Gasteiger partial charge in [0, 0.05) is 19.2 Å². The van der Waals surface area contributed by atoms with Gasteiger partial charge in [0.25, 0.3) is 11.5 Å². The zero-order valence-corrected chi connectivity index (χ0v) is 26.1. The number of rotatable bonds is 5. The number of ether oxygens (including phenoxy) is 2. The van der Waals surface area contributed by atoms with Crippen LogP contribution in [0.3, 0.4) is 0 Å². The summed E-state index contributed by atoms with van der Waals surface area (Å²) in [5.41, 5.74) is -3.13. The molecule has 0 radical (unpaired) electrons. The lowest BCUT2D eigenvalue weighted by Gasteiger charge is -2.41. The number of nitrogens with zero attached hydrogens (tertiary/aromatic N) is 6. The van der Waals surface area contributed by atoms with Crippen molar-refractivity contribution in [2.75, 3.05) is 31.6 Å². The fourth-order valence-electron chi connectivity index (χ4n) is 6.33. The summed E-state index contributed by atoms with van der Waals surface area (Å²) in [5.74, 6) is -1.66. The van der Waals surface area contributed by atoms with Crippen molar-refractivity contribution in [2.24, 2.45) is 0 Å². The Morgan fingerprint density at radius 2 is 2.04 bits per heavy atom. The van der Waals surface area contributed by atoms with Crippen molar-refractivity contribution in [1.82, 2.24) is 29.0 Å². The van der Waals surface area contributed by atoms with E-state index in [4.69, 9.17) is 21.1 Å². The van der Waals surface area contributed by atoms with Crippen LogP contribution in [-0.4, -0.2) is 78.4 Å². The number of hydrogen-bond donors (Lipinski definition) is 2. The molecule has 0 aliphatic carbocycles. The minimum absolute atomic E-state index is 0.0471. The smallest absolute Gasteiger partial charge is 0.416 e. The monoisotopic (exact) mass is 703 g/mol. The molecule has 18 heteroatoms. The number of carbonyl (C=O) groups is 2. The number of carbonyl (C=O) groups excluding carboxylic acids is 2. The summed E-state index contributed by atoms with van der Waals surface area (Å²) in [6.45, 7) is -0.686. The molecule has 3 aliphatic heterocycles. The molecule has 1 spiro atoms. The Morgan fingerprint density at radius 1 is 1.22 bits per heavy atom. The third kappa shape index (κ3) is 5.70. The first-order valence-electron chi connectivity index (χ1n) is 15.1. The molecule has 256 valence electrons. The number of pyridine rings is 1. The van der Waals surface area contributed by atoms with Gasteiger partial charge in [-0.25, -0.2) is 9.37 Å². The molecule has 0 saturated carbocycles. The number of anilines is 1. The Balaban J connectivity index is 1.26. The van der Waals surface area contributed by atoms with E-state index in [0.717, 1.165) is 16.6 Å². The van der Waals surface area contributed by atoms with Gasteiger partial charge in [-0.1, -0.05) is 17.7 Å². The first-order chi connectivity index (χ1) is 23.4. The second-order valence-corrected chi connectivity index (χ2v) is 12.1. The van der Waals surface area contributed by atoms with Crippen LogP contribution in [0.5, 0.6) is 5.75 Å². The number of nitrogens with one attached hydrogen (secondary N) is 1. The Kier molecular flexibility index (Phi) is 8.15. The third-order valence-electron chi connectivity index (χ3n) is 8.78. The van der Waals surface area contributed by atoms with Crippen LogP contribution in [0, 0.1) is 0 Å². The van der Waals surface area contributed by atoms with Gasteiger partial charge in [0.1, 0.15) is 17.9 Å². The van der Waals surface area contributed by atoms with E-state index in [2.05, 4.69) is 20.4 Å². The van der Waals surface area contributed by atoms with Crippen LogP contribution in [0.25, 0.3) is 11.4 Å². The topological polar surface area (TPSA) is 153 Å². The molecule has 3 aliphatic rings. The highest BCUT2D eigenvalue weighted by molar-refractivity contribution is 6.33. The van der Waals surface area contributed by atoms with E-state index < -0.39 is 54.0 Å². The SMILES string of the molecule is O=C(Cn1c2c(c(=O)n3nc(C4=CCOCC4)nc13)C1(CCN(C(=O)c3ncccc3O)CC1F)OC2)Nc1ccc(C(F)(F)F)cc1Cl. The zero-order valence-electron chi connectivity index (χ0n) is 25.3. The maximum atomic E-state index is 16.4. The summed E-state index contributed by atoms with van der Waals surface area (Å²) in [6.07, 6.45) is -3.19. The van der Waals surface area contributed by atoms with Crippen LogP contribution in [-0.2, 0) is 39.2 Å². The van der Waals surface area contributed by atoms with Gasteiger partial charge in [-0.3, -0.25) is 14.4 Å². The Morgan fingerprint density at radius 3 is 2.73 bits per heavy atom. The van der Waals surface area contributed by atoms with E-state index in [-0.39, 0.29) is 64.6 Å². The van der Waals surface area contributed by atoms with E-state index in [0.29, 0.717) is 31.3 Å². The Bertz CT molecular complexity index is 2100. The largest absolute Gasteiger partial charge is 0.505 e. The van der Waals surface area contributed by atoms with E-state index in [1.807, 2.05) is 0 Å². The molecule has 2 atom stereocenters. The van der Waals surface area contributed by atoms with E-state index in [9.17, 15) is 32.7 Å². The maximum absolute atomic E-state index is 16.4. The number of fused-ring (bicyclic) bond motifs is 3. The van der Waals surface area contributed by atoms with E-state index in [1.165, 1.54) is 27.8 Å². The number of amides is 2. The summed E-state index contributed by atoms with van der Waals surface area (Å²) in [6, 6.07) is 5.20. The fourth-order valence-corrected chi connectivity index (χ4v) is 6.56. The van der Waals surface area contributed by atoms with Gasteiger partial charge < -0.3 is 29.4 Å². The number of aromatic hydroxyl groups is 1. The lowest BCUT2D eigenvalue weighted by atomic mass is 9.83. The molecular weight excluding hydrogens is 678 g/mol. The van der Waals surface area contributed by atoms with Crippen molar-refractivity contribution < 1.29 is 41.7 Å². The molecule has 1 fully saturated rings. The van der Waals surface area contributed by atoms with Gasteiger partial charge in [0.15, 0.2) is 17.7 Å². The van der Waals surface area contributed by atoms with Gasteiger partial charge in [0.05, 0.1) is 53.9 Å². The van der Waals surface area contributed by atoms with Crippen molar-refractivity contribution in [3.05, 3.63) is 86.3 Å². The number of hydrogen-bond acceptors (Lipinski definition) is 9. The predicted molar refractivity (Wildman–Crippen MR) is 164 cm³/mol. The molecule has 1 saturated heterocycles. The van der Waals surface area contributed by atoms with Crippen molar-refractivity contribution in [1.29, 1.82) is 0 Å². The summed E-state index contributed by atoms with van der Waals surface area (Å²) in [4.78, 5) is 50.3. The number of aromatic nitrogens is 5. The van der Waals surface area contributed by atoms with E-state index in [1.54, 1.807) is 6.08 Å². The molecule has 6 heterocycles. The van der Waals surface area contributed by atoms with Crippen LogP contribution in [0.1, 0.15) is 46.0 Å². The highest BCUT2D eigenvalue weighted by Gasteiger charge is 2.54. The molecule has 1 aromatic carbocycles. The number of piperidine rings is 1. The lowest BCUT2D eigenvalue weighted by molar-refractivity contribution is -0.137. The molecule has 0 bridgehead atoms. The second kappa shape index (κ2) is 12.2. The minimum atomic E-state index is -4.65. The summed E-state index contributed by atoms with van der Waals surface area (Å²) < 4.78 is 69.6. The lowest BCUT2D eigenvalue weighted by Crippen LogP contribution is -2.55. The van der Waals surface area contributed by atoms with Gasteiger partial charge >= 0.3 is 6.18 Å². The van der Waals surface area contributed by atoms with Crippen LogP contribution in [0.15, 0.2) is 47.4 Å². The summed E-state index contributed by atoms with van der Waals surface area (Å²) in [5, 5.41) is 16.7. The standard InChI is InChI=1S/C31H26ClF4N7O6/c32-18-12-17(31(34,35)36)3-4-19(18)38-23(45)14-42-20-15-49-30(7-9-41(13-22(30)33)28(47)25-21(44)2-1-8-37-25)24(20)27(46)43-29(42)39-26(40-43)16-5-10-48-11-6-16/h1-5,8,12,22,44H,6-7,9-11,13-15H2,(H,38,45). The van der Waals surface area contributed by atoms with Crippen molar-refractivity contribution in [3.8, 4) is 5.75 Å². The van der Waals surface area contributed by atoms with Crippen molar-refractivity contribution in [2.45, 2.75) is 43.9 Å². The van der Waals surface area contributed by atoms with Crippen LogP contribution in [0.2, 0.25) is 5.02 Å². The summed E-state index contributed by atoms with van der Waals surface area (Å²) >= 11 is 6.06. The van der Waals surface area contributed by atoms with Crippen LogP contribution < -0.4 is 10.9 Å². The van der Waals surface area contributed by atoms with Crippen LogP contribution >= 0.6 is 11.6 Å². The number of likely N-dealkylation sites (tertiary alicyclic amines) is 1. The predicted octanol–water partition coefficient (Wildman–Crippen LogP) is 3.72. The average molecular weight is 704 g/mol. The van der Waals surface area contributed by atoms with E-state index >= 15 is 4.39 Å².